The Hall–Kier alpha value is -0.0800. The Bertz CT molecular complexity index is 227. The standard InChI is InChI=1S/C14H27NO/c1-4-5-13-9-14(6-7-16-13)8-12(14)10-15-11(2)3/h11-13,15H,4-10H2,1-3H3. The third-order valence-electron chi connectivity index (χ3n) is 4.33. The summed E-state index contributed by atoms with van der Waals surface area (Å²) in [4.78, 5) is 0. The first kappa shape index (κ1) is 12.4. The van der Waals surface area contributed by atoms with Gasteiger partial charge >= 0.3 is 0 Å². The highest BCUT2D eigenvalue weighted by molar-refractivity contribution is 5.05. The fourth-order valence-corrected chi connectivity index (χ4v) is 3.21. The minimum atomic E-state index is 0.558. The van der Waals surface area contributed by atoms with Crippen molar-refractivity contribution in [1.29, 1.82) is 0 Å². The van der Waals surface area contributed by atoms with Crippen molar-refractivity contribution in [3.05, 3.63) is 0 Å². The molecule has 0 radical (unpaired) electrons. The van der Waals surface area contributed by atoms with Crippen LogP contribution in [0.5, 0.6) is 0 Å². The van der Waals surface area contributed by atoms with Crippen LogP contribution in [0.4, 0.5) is 0 Å². The van der Waals surface area contributed by atoms with Crippen LogP contribution < -0.4 is 5.32 Å². The van der Waals surface area contributed by atoms with Gasteiger partial charge in [0.15, 0.2) is 0 Å². The molecule has 1 spiro atoms. The summed E-state index contributed by atoms with van der Waals surface area (Å²) in [5, 5.41) is 3.59. The topological polar surface area (TPSA) is 21.3 Å². The summed E-state index contributed by atoms with van der Waals surface area (Å²) in [5.41, 5.74) is 0.667. The molecule has 1 aliphatic carbocycles. The number of nitrogens with one attached hydrogen (secondary N) is 1. The molecule has 2 aliphatic rings. The molecule has 0 amide bonds. The number of hydrogen-bond donors (Lipinski definition) is 1. The van der Waals surface area contributed by atoms with E-state index in [-0.39, 0.29) is 0 Å². The molecular formula is C14H27NO. The van der Waals surface area contributed by atoms with Crippen LogP contribution >= 0.6 is 0 Å². The summed E-state index contributed by atoms with van der Waals surface area (Å²) in [5.74, 6) is 0.929. The molecule has 0 bridgehead atoms. The van der Waals surface area contributed by atoms with E-state index in [1.165, 1.54) is 38.6 Å². The lowest BCUT2D eigenvalue weighted by Gasteiger charge is -2.30. The Morgan fingerprint density at radius 2 is 2.19 bits per heavy atom. The molecule has 0 aromatic carbocycles. The maximum absolute atomic E-state index is 5.85. The van der Waals surface area contributed by atoms with Gasteiger partial charge in [0.05, 0.1) is 6.10 Å². The Kier molecular flexibility index (Phi) is 3.91. The lowest BCUT2D eigenvalue weighted by molar-refractivity contribution is -0.0247. The van der Waals surface area contributed by atoms with Gasteiger partial charge in [-0.3, -0.25) is 0 Å². The SMILES string of the molecule is CCCC1CC2(CCO1)CC2CNC(C)C. The molecule has 1 heterocycles. The van der Waals surface area contributed by atoms with Gasteiger partial charge in [-0.25, -0.2) is 0 Å². The van der Waals surface area contributed by atoms with E-state index in [0.29, 0.717) is 17.6 Å². The lowest BCUT2D eigenvalue weighted by Crippen LogP contribution is -2.31. The zero-order chi connectivity index (χ0) is 11.6. The Balaban J connectivity index is 1.77. The molecule has 16 heavy (non-hydrogen) atoms. The summed E-state index contributed by atoms with van der Waals surface area (Å²) in [6.45, 7) is 8.95. The minimum absolute atomic E-state index is 0.558. The first-order valence-electron chi connectivity index (χ1n) is 7.01. The zero-order valence-corrected chi connectivity index (χ0v) is 11.1. The molecule has 0 aromatic heterocycles. The van der Waals surface area contributed by atoms with Gasteiger partial charge < -0.3 is 10.1 Å². The average Bonchev–Trinajstić information content (AvgIpc) is 2.89. The highest BCUT2D eigenvalue weighted by Crippen LogP contribution is 2.60. The van der Waals surface area contributed by atoms with Crippen molar-refractivity contribution >= 4 is 0 Å². The summed E-state index contributed by atoms with van der Waals surface area (Å²) < 4.78 is 5.85. The van der Waals surface area contributed by atoms with Gasteiger partial charge in [-0.2, -0.15) is 0 Å². The average molecular weight is 225 g/mol. The lowest BCUT2D eigenvalue weighted by atomic mass is 9.88. The summed E-state index contributed by atoms with van der Waals surface area (Å²) >= 11 is 0. The third kappa shape index (κ3) is 2.78. The monoisotopic (exact) mass is 225 g/mol. The fraction of sp³-hybridized carbons (Fsp3) is 1.00. The predicted octanol–water partition coefficient (Wildman–Crippen LogP) is 2.97. The van der Waals surface area contributed by atoms with E-state index in [0.717, 1.165) is 12.5 Å². The van der Waals surface area contributed by atoms with Crippen molar-refractivity contribution in [1.82, 2.24) is 5.32 Å². The van der Waals surface area contributed by atoms with Gasteiger partial charge in [-0.1, -0.05) is 27.2 Å². The highest BCUT2D eigenvalue weighted by Gasteiger charge is 2.55. The highest BCUT2D eigenvalue weighted by atomic mass is 16.5. The summed E-state index contributed by atoms with van der Waals surface area (Å²) in [6.07, 6.45) is 7.14. The Morgan fingerprint density at radius 3 is 2.88 bits per heavy atom. The second-order valence-corrected chi connectivity index (χ2v) is 6.06. The van der Waals surface area contributed by atoms with Crippen LogP contribution in [0.2, 0.25) is 0 Å². The van der Waals surface area contributed by atoms with Crippen LogP contribution in [0.15, 0.2) is 0 Å². The minimum Gasteiger partial charge on any atom is -0.378 e. The molecule has 3 atom stereocenters. The number of hydrogen-bond acceptors (Lipinski definition) is 2. The zero-order valence-electron chi connectivity index (χ0n) is 11.1. The van der Waals surface area contributed by atoms with Crippen LogP contribution in [0, 0.1) is 11.3 Å². The van der Waals surface area contributed by atoms with E-state index in [4.69, 9.17) is 4.74 Å². The number of rotatable bonds is 5. The summed E-state index contributed by atoms with van der Waals surface area (Å²) in [7, 11) is 0. The molecular weight excluding hydrogens is 198 g/mol. The van der Waals surface area contributed by atoms with Crippen molar-refractivity contribution in [3.63, 3.8) is 0 Å². The van der Waals surface area contributed by atoms with E-state index in [1.807, 2.05) is 0 Å². The second kappa shape index (κ2) is 5.05. The molecule has 3 unspecified atom stereocenters. The van der Waals surface area contributed by atoms with Crippen LogP contribution in [-0.4, -0.2) is 25.3 Å². The van der Waals surface area contributed by atoms with Gasteiger partial charge in [0.1, 0.15) is 0 Å². The first-order chi connectivity index (χ1) is 7.66. The molecule has 2 rings (SSSR count). The molecule has 2 nitrogen and oxygen atoms in total. The van der Waals surface area contributed by atoms with Crippen molar-refractivity contribution in [2.45, 2.75) is 65.0 Å². The second-order valence-electron chi connectivity index (χ2n) is 6.06. The predicted molar refractivity (Wildman–Crippen MR) is 67.6 cm³/mol. The van der Waals surface area contributed by atoms with Crippen molar-refractivity contribution in [2.24, 2.45) is 11.3 Å². The molecule has 1 saturated heterocycles. The molecule has 2 heteroatoms. The quantitative estimate of drug-likeness (QED) is 0.776. The molecule has 2 fully saturated rings. The van der Waals surface area contributed by atoms with Gasteiger partial charge in [-0.05, 0) is 43.6 Å². The summed E-state index contributed by atoms with van der Waals surface area (Å²) in [6, 6.07) is 0.629. The third-order valence-corrected chi connectivity index (χ3v) is 4.33. The van der Waals surface area contributed by atoms with Gasteiger partial charge in [0, 0.05) is 12.6 Å². The van der Waals surface area contributed by atoms with E-state index < -0.39 is 0 Å². The molecule has 1 aliphatic heterocycles. The maximum Gasteiger partial charge on any atom is 0.0580 e. The van der Waals surface area contributed by atoms with Crippen LogP contribution in [0.1, 0.15) is 52.9 Å². The maximum atomic E-state index is 5.85. The number of ether oxygens (including phenoxy) is 1. The molecule has 1 N–H and O–H groups in total. The van der Waals surface area contributed by atoms with Gasteiger partial charge in [-0.15, -0.1) is 0 Å². The smallest absolute Gasteiger partial charge is 0.0580 e. The van der Waals surface area contributed by atoms with E-state index in [2.05, 4.69) is 26.1 Å². The molecule has 0 aromatic rings. The Labute approximate surface area is 100 Å². The van der Waals surface area contributed by atoms with E-state index in [1.54, 1.807) is 0 Å². The first-order valence-corrected chi connectivity index (χ1v) is 7.01. The fourth-order valence-electron chi connectivity index (χ4n) is 3.21. The van der Waals surface area contributed by atoms with Crippen molar-refractivity contribution < 1.29 is 4.74 Å². The van der Waals surface area contributed by atoms with Gasteiger partial charge in [0.25, 0.3) is 0 Å². The van der Waals surface area contributed by atoms with Crippen LogP contribution in [0.3, 0.4) is 0 Å². The van der Waals surface area contributed by atoms with E-state index in [9.17, 15) is 0 Å². The Morgan fingerprint density at radius 1 is 1.38 bits per heavy atom. The normalized spacial score (nSPS) is 38.2. The van der Waals surface area contributed by atoms with Crippen molar-refractivity contribution in [2.75, 3.05) is 13.2 Å². The van der Waals surface area contributed by atoms with Crippen LogP contribution in [0.25, 0.3) is 0 Å². The largest absolute Gasteiger partial charge is 0.378 e. The molecule has 1 saturated carbocycles. The van der Waals surface area contributed by atoms with Crippen molar-refractivity contribution in [3.8, 4) is 0 Å². The molecule has 94 valence electrons. The van der Waals surface area contributed by atoms with Crippen LogP contribution in [-0.2, 0) is 4.74 Å². The van der Waals surface area contributed by atoms with Gasteiger partial charge in [0.2, 0.25) is 0 Å². The van der Waals surface area contributed by atoms with E-state index >= 15 is 0 Å².